The van der Waals surface area contributed by atoms with E-state index in [1.54, 1.807) is 0 Å². The second-order valence-corrected chi connectivity index (χ2v) is 8.90. The van der Waals surface area contributed by atoms with Crippen LogP contribution in [0.2, 0.25) is 12.1 Å². The minimum atomic E-state index is -2.00. The molecule has 17 heavy (non-hydrogen) atoms. The third-order valence-corrected chi connectivity index (χ3v) is 7.20. The van der Waals surface area contributed by atoms with Gasteiger partial charge in [-0.25, -0.2) is 0 Å². The van der Waals surface area contributed by atoms with Gasteiger partial charge in [0.05, 0.1) is 13.2 Å². The Bertz CT molecular complexity index is 209. The molecule has 0 aromatic rings. The lowest BCUT2D eigenvalue weighted by Crippen LogP contribution is -2.52. The summed E-state index contributed by atoms with van der Waals surface area (Å²) in [5, 5.41) is 0. The van der Waals surface area contributed by atoms with Crippen LogP contribution >= 0.6 is 0 Å². The van der Waals surface area contributed by atoms with Gasteiger partial charge in [0.25, 0.3) is 0 Å². The lowest BCUT2D eigenvalue weighted by Gasteiger charge is -2.43. The molecule has 102 valence electrons. The highest BCUT2D eigenvalue weighted by molar-refractivity contribution is 6.67. The van der Waals surface area contributed by atoms with E-state index in [4.69, 9.17) is 13.6 Å². The molecule has 3 nitrogen and oxygen atoms in total. The Kier molecular flexibility index (Phi) is 6.13. The van der Waals surface area contributed by atoms with Crippen molar-refractivity contribution in [2.24, 2.45) is 5.41 Å². The summed E-state index contributed by atoms with van der Waals surface area (Å²) in [5.41, 5.74) is 0.295. The molecule has 0 atom stereocenters. The summed E-state index contributed by atoms with van der Waals surface area (Å²) in [6.07, 6.45) is 2.13. The minimum absolute atomic E-state index is 0.295. The van der Waals surface area contributed by atoms with Gasteiger partial charge in [-0.1, -0.05) is 27.7 Å². The van der Waals surface area contributed by atoms with E-state index in [1.165, 1.54) is 0 Å². The topological polar surface area (TPSA) is 27.7 Å². The molecule has 1 heterocycles. The molecule has 1 aliphatic heterocycles. The van der Waals surface area contributed by atoms with Crippen molar-refractivity contribution in [2.75, 3.05) is 26.4 Å². The summed E-state index contributed by atoms with van der Waals surface area (Å²) in [5.74, 6) is 0. The van der Waals surface area contributed by atoms with E-state index < -0.39 is 8.56 Å². The summed E-state index contributed by atoms with van der Waals surface area (Å²) >= 11 is 0. The Morgan fingerprint density at radius 2 is 1.59 bits per heavy atom. The van der Waals surface area contributed by atoms with Gasteiger partial charge in [-0.3, -0.25) is 0 Å². The van der Waals surface area contributed by atoms with E-state index >= 15 is 0 Å². The van der Waals surface area contributed by atoms with Crippen molar-refractivity contribution in [1.82, 2.24) is 0 Å². The third-order valence-electron chi connectivity index (χ3n) is 3.27. The standard InChI is InChI=1S/C13H28O3Si/c1-5-8-15-17(7-3,16-9-6-2)12-13(4)10-14-11-13/h5-12H2,1-4H3. The highest BCUT2D eigenvalue weighted by Gasteiger charge is 2.46. The zero-order valence-electron chi connectivity index (χ0n) is 11.9. The fourth-order valence-corrected chi connectivity index (χ4v) is 5.85. The van der Waals surface area contributed by atoms with Crippen LogP contribution in [0.15, 0.2) is 0 Å². The molecule has 0 aromatic heterocycles. The summed E-state index contributed by atoms with van der Waals surface area (Å²) in [7, 11) is -2.00. The SMILES string of the molecule is CCCO[Si](CC)(CC1(C)COC1)OCCC. The quantitative estimate of drug-likeness (QED) is 0.595. The van der Waals surface area contributed by atoms with Gasteiger partial charge in [-0.2, -0.15) is 0 Å². The molecule has 0 amide bonds. The Morgan fingerprint density at radius 1 is 1.06 bits per heavy atom. The van der Waals surface area contributed by atoms with E-state index in [0.29, 0.717) is 5.41 Å². The van der Waals surface area contributed by atoms with Crippen LogP contribution < -0.4 is 0 Å². The van der Waals surface area contributed by atoms with Gasteiger partial charge in [0.2, 0.25) is 0 Å². The van der Waals surface area contributed by atoms with Gasteiger partial charge in [-0.05, 0) is 18.9 Å². The van der Waals surface area contributed by atoms with Gasteiger partial charge >= 0.3 is 8.56 Å². The Hall–Kier alpha value is 0.0969. The minimum Gasteiger partial charge on any atom is -0.394 e. The Balaban J connectivity index is 2.59. The van der Waals surface area contributed by atoms with Crippen molar-refractivity contribution < 1.29 is 13.6 Å². The molecular weight excluding hydrogens is 232 g/mol. The van der Waals surface area contributed by atoms with E-state index in [9.17, 15) is 0 Å². The second kappa shape index (κ2) is 6.88. The maximum Gasteiger partial charge on any atom is 0.338 e. The molecule has 0 radical (unpaired) electrons. The van der Waals surface area contributed by atoms with E-state index in [0.717, 1.165) is 51.4 Å². The normalized spacial score (nSPS) is 19.1. The van der Waals surface area contributed by atoms with Crippen molar-refractivity contribution in [1.29, 1.82) is 0 Å². The van der Waals surface area contributed by atoms with Gasteiger partial charge in [0, 0.05) is 24.7 Å². The van der Waals surface area contributed by atoms with E-state index in [1.807, 2.05) is 0 Å². The fourth-order valence-electron chi connectivity index (χ4n) is 2.25. The average Bonchev–Trinajstić information content (AvgIpc) is 2.31. The molecule has 0 saturated carbocycles. The molecule has 1 aliphatic rings. The van der Waals surface area contributed by atoms with Crippen molar-refractivity contribution in [3.05, 3.63) is 0 Å². The molecule has 1 rings (SSSR count). The maximum atomic E-state index is 6.16. The summed E-state index contributed by atoms with van der Waals surface area (Å²) < 4.78 is 17.7. The van der Waals surface area contributed by atoms with Crippen LogP contribution in [0.1, 0.15) is 40.5 Å². The van der Waals surface area contributed by atoms with Crippen LogP contribution in [0.5, 0.6) is 0 Å². The summed E-state index contributed by atoms with van der Waals surface area (Å²) in [4.78, 5) is 0. The molecular formula is C13H28O3Si. The van der Waals surface area contributed by atoms with Crippen molar-refractivity contribution in [3.8, 4) is 0 Å². The first-order valence-electron chi connectivity index (χ1n) is 6.95. The van der Waals surface area contributed by atoms with Crippen LogP contribution in [0.4, 0.5) is 0 Å². The first-order chi connectivity index (χ1) is 8.10. The highest BCUT2D eigenvalue weighted by atomic mass is 28.4. The number of ether oxygens (including phenoxy) is 1. The zero-order chi connectivity index (χ0) is 12.8. The van der Waals surface area contributed by atoms with Crippen LogP contribution in [-0.2, 0) is 13.6 Å². The fraction of sp³-hybridized carbons (Fsp3) is 1.00. The second-order valence-electron chi connectivity index (χ2n) is 5.44. The third kappa shape index (κ3) is 4.36. The molecule has 0 unspecified atom stereocenters. The van der Waals surface area contributed by atoms with Crippen molar-refractivity contribution in [3.63, 3.8) is 0 Å². The Morgan fingerprint density at radius 3 is 1.88 bits per heavy atom. The maximum absolute atomic E-state index is 6.16. The molecule has 0 aromatic carbocycles. The predicted octanol–water partition coefficient (Wildman–Crippen LogP) is 3.34. The van der Waals surface area contributed by atoms with Gasteiger partial charge in [0.15, 0.2) is 0 Å². The van der Waals surface area contributed by atoms with E-state index in [2.05, 4.69) is 27.7 Å². The van der Waals surface area contributed by atoms with Gasteiger partial charge in [0.1, 0.15) is 0 Å². The smallest absolute Gasteiger partial charge is 0.338 e. The largest absolute Gasteiger partial charge is 0.394 e. The zero-order valence-corrected chi connectivity index (χ0v) is 12.9. The number of rotatable bonds is 9. The van der Waals surface area contributed by atoms with Gasteiger partial charge < -0.3 is 13.6 Å². The monoisotopic (exact) mass is 260 g/mol. The van der Waals surface area contributed by atoms with Crippen LogP contribution in [0.3, 0.4) is 0 Å². The molecule has 0 bridgehead atoms. The lowest BCUT2D eigenvalue weighted by molar-refractivity contribution is -0.0944. The molecule has 0 N–H and O–H groups in total. The summed E-state index contributed by atoms with van der Waals surface area (Å²) in [6, 6.07) is 2.12. The molecule has 0 aliphatic carbocycles. The van der Waals surface area contributed by atoms with Crippen molar-refractivity contribution >= 4 is 8.56 Å². The molecule has 0 spiro atoms. The van der Waals surface area contributed by atoms with Crippen LogP contribution in [-0.4, -0.2) is 35.0 Å². The predicted molar refractivity (Wildman–Crippen MR) is 72.5 cm³/mol. The number of hydrogen-bond donors (Lipinski definition) is 0. The number of hydrogen-bond acceptors (Lipinski definition) is 3. The highest BCUT2D eigenvalue weighted by Crippen LogP contribution is 2.38. The van der Waals surface area contributed by atoms with Gasteiger partial charge in [-0.15, -0.1) is 0 Å². The molecule has 1 saturated heterocycles. The first kappa shape index (κ1) is 15.2. The van der Waals surface area contributed by atoms with E-state index in [-0.39, 0.29) is 0 Å². The Labute approximate surface area is 107 Å². The first-order valence-corrected chi connectivity index (χ1v) is 9.18. The van der Waals surface area contributed by atoms with Crippen LogP contribution in [0, 0.1) is 5.41 Å². The van der Waals surface area contributed by atoms with Crippen LogP contribution in [0.25, 0.3) is 0 Å². The molecule has 4 heteroatoms. The summed E-state index contributed by atoms with van der Waals surface area (Å²) in [6.45, 7) is 12.2. The molecule has 1 fully saturated rings. The average molecular weight is 260 g/mol. The van der Waals surface area contributed by atoms with Crippen molar-refractivity contribution in [2.45, 2.75) is 52.6 Å². The lowest BCUT2D eigenvalue weighted by atomic mass is 9.91.